The SMILES string of the molecule is CC1CC(COP(=O)(O)O)C(O)C(O)C1C.NC1C(O)CC(COP(=O)(O)O)C(O)C1O. The monoisotopic (exact) mass is 511 g/mol. The summed E-state index contributed by atoms with van der Waals surface area (Å²) < 4.78 is 29.6. The second-order valence-electron chi connectivity index (χ2n) is 8.51. The minimum atomic E-state index is -4.62. The highest BCUT2D eigenvalue weighted by atomic mass is 31.2. The van der Waals surface area contributed by atoms with Gasteiger partial charge >= 0.3 is 15.6 Å². The Bertz CT molecular complexity index is 616. The third-order valence-electron chi connectivity index (χ3n) is 6.07. The minimum Gasteiger partial charge on any atom is -0.391 e. The molecule has 11 N–H and O–H groups in total. The second kappa shape index (κ2) is 12.1. The second-order valence-corrected chi connectivity index (χ2v) is 11.0. The lowest BCUT2D eigenvalue weighted by Crippen LogP contribution is -2.58. The topological polar surface area (TPSA) is 261 Å². The number of phosphoric acid groups is 2. The van der Waals surface area contributed by atoms with E-state index in [0.717, 1.165) is 0 Å². The van der Waals surface area contributed by atoms with Gasteiger partial charge in [-0.25, -0.2) is 9.13 Å². The van der Waals surface area contributed by atoms with Crippen molar-refractivity contribution in [3.8, 4) is 0 Å². The van der Waals surface area contributed by atoms with Crippen molar-refractivity contribution in [1.82, 2.24) is 0 Å². The van der Waals surface area contributed by atoms with Crippen LogP contribution in [0.5, 0.6) is 0 Å². The third kappa shape index (κ3) is 9.32. The lowest BCUT2D eigenvalue weighted by atomic mass is 9.72. The number of aliphatic hydroxyl groups excluding tert-OH is 5. The molecule has 0 amide bonds. The lowest BCUT2D eigenvalue weighted by molar-refractivity contribution is -0.106. The molecule has 14 nitrogen and oxygen atoms in total. The summed E-state index contributed by atoms with van der Waals surface area (Å²) >= 11 is 0. The number of hydrogen-bond acceptors (Lipinski definition) is 10. The largest absolute Gasteiger partial charge is 0.469 e. The maximum absolute atomic E-state index is 10.5. The van der Waals surface area contributed by atoms with E-state index in [1.807, 2.05) is 13.8 Å². The van der Waals surface area contributed by atoms with E-state index in [9.17, 15) is 34.7 Å². The third-order valence-corrected chi connectivity index (χ3v) is 7.04. The minimum absolute atomic E-state index is 0.0133. The van der Waals surface area contributed by atoms with Gasteiger partial charge in [0, 0.05) is 11.8 Å². The zero-order valence-electron chi connectivity index (χ0n) is 17.7. The fourth-order valence-corrected chi connectivity index (χ4v) is 4.59. The predicted octanol–water partition coefficient (Wildman–Crippen LogP) is -2.36. The summed E-state index contributed by atoms with van der Waals surface area (Å²) in [5.41, 5.74) is 5.40. The van der Waals surface area contributed by atoms with Crippen LogP contribution >= 0.6 is 15.6 Å². The Morgan fingerprint density at radius 2 is 1.16 bits per heavy atom. The molecule has 2 aliphatic carbocycles. The van der Waals surface area contributed by atoms with Crippen LogP contribution in [0.2, 0.25) is 0 Å². The quantitative estimate of drug-likeness (QED) is 0.167. The zero-order valence-corrected chi connectivity index (χ0v) is 19.5. The van der Waals surface area contributed by atoms with Crippen molar-refractivity contribution in [2.75, 3.05) is 13.2 Å². The first-order chi connectivity index (χ1) is 14.4. The van der Waals surface area contributed by atoms with Crippen LogP contribution in [0.25, 0.3) is 0 Å². The molecule has 2 aliphatic rings. The summed E-state index contributed by atoms with van der Waals surface area (Å²) in [6, 6.07) is -0.971. The van der Waals surface area contributed by atoms with Crippen LogP contribution in [0.4, 0.5) is 0 Å². The molecule has 10 unspecified atom stereocenters. The van der Waals surface area contributed by atoms with Crippen LogP contribution < -0.4 is 5.73 Å². The van der Waals surface area contributed by atoms with E-state index in [2.05, 4.69) is 9.05 Å². The molecule has 2 rings (SSSR count). The molecule has 0 aromatic carbocycles. The molecule has 192 valence electrons. The van der Waals surface area contributed by atoms with Gasteiger partial charge in [0.15, 0.2) is 0 Å². The molecule has 10 atom stereocenters. The normalized spacial score (nSPS) is 41.0. The Hall–Kier alpha value is -0.0200. The first-order valence-corrected chi connectivity index (χ1v) is 13.1. The number of aliphatic hydroxyl groups is 5. The zero-order chi connectivity index (χ0) is 25.0. The summed E-state index contributed by atoms with van der Waals surface area (Å²) in [5.74, 6) is -1.05. The Kier molecular flexibility index (Phi) is 11.3. The fourth-order valence-electron chi connectivity index (χ4n) is 3.82. The lowest BCUT2D eigenvalue weighted by Gasteiger charge is -2.40. The fraction of sp³-hybridized carbons (Fsp3) is 1.00. The molecule has 0 aromatic rings. The van der Waals surface area contributed by atoms with E-state index in [4.69, 9.17) is 25.3 Å². The summed E-state index contributed by atoms with van der Waals surface area (Å²) in [7, 11) is -9.13. The average Bonchev–Trinajstić information content (AvgIpc) is 2.67. The van der Waals surface area contributed by atoms with E-state index in [-0.39, 0.29) is 24.9 Å². The molecule has 0 aromatic heterocycles. The molecule has 0 heterocycles. The highest BCUT2D eigenvalue weighted by Gasteiger charge is 2.42. The van der Waals surface area contributed by atoms with Crippen molar-refractivity contribution in [3.05, 3.63) is 0 Å². The van der Waals surface area contributed by atoms with Crippen LogP contribution in [0, 0.1) is 23.7 Å². The molecular weight excluding hydrogens is 476 g/mol. The molecular formula is C16H35NO13P2. The summed E-state index contributed by atoms with van der Waals surface area (Å²) in [6.45, 7) is 3.09. The van der Waals surface area contributed by atoms with E-state index in [0.29, 0.717) is 6.42 Å². The summed E-state index contributed by atoms with van der Waals surface area (Å²) in [5, 5.41) is 47.9. The summed E-state index contributed by atoms with van der Waals surface area (Å²) in [6.07, 6.45) is -4.91. The molecule has 0 bridgehead atoms. The van der Waals surface area contributed by atoms with Gasteiger partial charge in [-0.2, -0.15) is 0 Å². The summed E-state index contributed by atoms with van der Waals surface area (Å²) in [4.78, 5) is 34.1. The molecule has 2 fully saturated rings. The maximum Gasteiger partial charge on any atom is 0.469 e. The molecule has 0 radical (unpaired) electrons. The average molecular weight is 511 g/mol. The van der Waals surface area contributed by atoms with Gasteiger partial charge < -0.3 is 50.8 Å². The Morgan fingerprint density at radius 3 is 1.59 bits per heavy atom. The van der Waals surface area contributed by atoms with Crippen LogP contribution in [0.1, 0.15) is 26.7 Å². The van der Waals surface area contributed by atoms with Gasteiger partial charge in [-0.3, -0.25) is 9.05 Å². The molecule has 32 heavy (non-hydrogen) atoms. The first kappa shape index (κ1) is 30.0. The van der Waals surface area contributed by atoms with Gasteiger partial charge in [0.2, 0.25) is 0 Å². The van der Waals surface area contributed by atoms with Gasteiger partial charge in [0.05, 0.1) is 49.8 Å². The maximum atomic E-state index is 10.5. The van der Waals surface area contributed by atoms with Gasteiger partial charge in [-0.05, 0) is 24.7 Å². The van der Waals surface area contributed by atoms with E-state index >= 15 is 0 Å². The van der Waals surface area contributed by atoms with Crippen LogP contribution in [0.3, 0.4) is 0 Å². The van der Waals surface area contributed by atoms with Crippen molar-refractivity contribution in [3.63, 3.8) is 0 Å². The predicted molar refractivity (Wildman–Crippen MR) is 109 cm³/mol. The number of phosphoric ester groups is 2. The molecule has 0 saturated heterocycles. The van der Waals surface area contributed by atoms with Crippen molar-refractivity contribution in [1.29, 1.82) is 0 Å². The van der Waals surface area contributed by atoms with Crippen LogP contribution in [-0.2, 0) is 18.2 Å². The molecule has 0 aliphatic heterocycles. The van der Waals surface area contributed by atoms with E-state index < -0.39 is 70.6 Å². The van der Waals surface area contributed by atoms with Crippen molar-refractivity contribution in [2.24, 2.45) is 29.4 Å². The standard InChI is InChI=1S/C9H19O6P.C7H16NO7P/c1-5-3-7(4-15-16(12,13)14)9(11)8(10)6(5)2;8-5-4(9)1-3(6(10)7(5)11)2-15-16(12,13)14/h5-11H,3-4H2,1-2H3,(H2,12,13,14);3-7,9-11H,1-2,8H2,(H2,12,13,14). The molecule has 0 spiro atoms. The smallest absolute Gasteiger partial charge is 0.391 e. The number of nitrogens with two attached hydrogens (primary N) is 1. The van der Waals surface area contributed by atoms with Crippen LogP contribution in [-0.4, -0.2) is 94.9 Å². The van der Waals surface area contributed by atoms with Crippen molar-refractivity contribution < 1.29 is 63.3 Å². The number of hydrogen-bond donors (Lipinski definition) is 10. The molecule has 16 heteroatoms. The highest BCUT2D eigenvalue weighted by Crippen LogP contribution is 2.40. The Morgan fingerprint density at radius 1 is 0.750 bits per heavy atom. The van der Waals surface area contributed by atoms with Gasteiger partial charge in [-0.15, -0.1) is 0 Å². The van der Waals surface area contributed by atoms with Gasteiger partial charge in [0.1, 0.15) is 0 Å². The van der Waals surface area contributed by atoms with Crippen molar-refractivity contribution in [2.45, 2.75) is 63.3 Å². The van der Waals surface area contributed by atoms with E-state index in [1.165, 1.54) is 0 Å². The molecule has 2 saturated carbocycles. The Balaban J connectivity index is 0.000000320. The van der Waals surface area contributed by atoms with E-state index in [1.54, 1.807) is 0 Å². The van der Waals surface area contributed by atoms with Crippen LogP contribution in [0.15, 0.2) is 0 Å². The van der Waals surface area contributed by atoms with Crippen molar-refractivity contribution >= 4 is 15.6 Å². The van der Waals surface area contributed by atoms with Gasteiger partial charge in [-0.1, -0.05) is 13.8 Å². The Labute approximate surface area is 185 Å². The first-order valence-electron chi connectivity index (χ1n) is 10.0. The number of rotatable bonds is 6. The van der Waals surface area contributed by atoms with Gasteiger partial charge in [0.25, 0.3) is 0 Å². The highest BCUT2D eigenvalue weighted by molar-refractivity contribution is 7.46.